The van der Waals surface area contributed by atoms with Crippen LogP contribution in [0.25, 0.3) is 44.5 Å². The number of aromatic nitrogens is 1. The van der Waals surface area contributed by atoms with Gasteiger partial charge >= 0.3 is 0 Å². The highest BCUT2D eigenvalue weighted by Gasteiger charge is 2.36. The second-order valence-electron chi connectivity index (χ2n) is 10.5. The Labute approximate surface area is 219 Å². The van der Waals surface area contributed by atoms with Gasteiger partial charge in [0.15, 0.2) is 5.58 Å². The van der Waals surface area contributed by atoms with E-state index in [0.717, 1.165) is 44.3 Å². The Morgan fingerprint density at radius 1 is 0.605 bits per heavy atom. The zero-order valence-electron chi connectivity index (χ0n) is 21.1. The van der Waals surface area contributed by atoms with Crippen LogP contribution in [-0.2, 0) is 5.41 Å². The summed E-state index contributed by atoms with van der Waals surface area (Å²) in [6.07, 6.45) is 0. The number of rotatable bonds is 2. The Kier molecular flexibility index (Phi) is 4.25. The molecule has 0 unspecified atom stereocenters. The predicted octanol–water partition coefficient (Wildman–Crippen LogP) is 9.50. The summed E-state index contributed by atoms with van der Waals surface area (Å²) >= 11 is 0. The number of para-hydroxylation sites is 3. The molecule has 0 spiro atoms. The van der Waals surface area contributed by atoms with Gasteiger partial charge in [0, 0.05) is 33.5 Å². The van der Waals surface area contributed by atoms with Crippen LogP contribution in [0.2, 0.25) is 0 Å². The maximum Gasteiger partial charge on any atom is 0.227 e. The second kappa shape index (κ2) is 7.59. The van der Waals surface area contributed by atoms with Crippen molar-refractivity contribution in [2.24, 2.45) is 0 Å². The van der Waals surface area contributed by atoms with E-state index in [1.54, 1.807) is 0 Å². The highest BCUT2D eigenvalue weighted by Crippen LogP contribution is 2.51. The summed E-state index contributed by atoms with van der Waals surface area (Å²) in [5.74, 6) is 0.601. The highest BCUT2D eigenvalue weighted by atomic mass is 16.4. The Balaban J connectivity index is 1.22. The lowest BCUT2D eigenvalue weighted by molar-refractivity contribution is 0.620. The van der Waals surface area contributed by atoms with E-state index in [1.165, 1.54) is 22.5 Å². The standard InChI is InChI=1S/C34H24N2O2/c1-34(2)25-10-4-6-12-28(25)36(29-13-7-5-11-26(29)34)22-17-15-21(16-18-22)33-35-27-20-31-24(19-32(27)38-33)23-9-3-8-14-30(23)37-31/h3-20H,1-2H3. The number of fused-ring (bicyclic) bond motifs is 6. The molecule has 3 heterocycles. The lowest BCUT2D eigenvalue weighted by Gasteiger charge is -2.42. The van der Waals surface area contributed by atoms with Gasteiger partial charge in [0.2, 0.25) is 5.89 Å². The normalized spacial score (nSPS) is 14.2. The van der Waals surface area contributed by atoms with E-state index < -0.39 is 0 Å². The minimum absolute atomic E-state index is 0.0770. The van der Waals surface area contributed by atoms with Gasteiger partial charge in [-0.2, -0.15) is 0 Å². The lowest BCUT2D eigenvalue weighted by Crippen LogP contribution is -2.30. The van der Waals surface area contributed by atoms with Crippen molar-refractivity contribution in [2.75, 3.05) is 4.90 Å². The smallest absolute Gasteiger partial charge is 0.227 e. The van der Waals surface area contributed by atoms with Gasteiger partial charge in [-0.1, -0.05) is 68.4 Å². The number of benzene rings is 5. The van der Waals surface area contributed by atoms with Crippen LogP contribution in [-0.4, -0.2) is 4.98 Å². The van der Waals surface area contributed by atoms with Crippen LogP contribution in [0.4, 0.5) is 17.1 Å². The van der Waals surface area contributed by atoms with Gasteiger partial charge in [-0.25, -0.2) is 4.98 Å². The number of nitrogens with zero attached hydrogens (tertiary/aromatic N) is 2. The lowest BCUT2D eigenvalue weighted by atomic mass is 9.73. The molecule has 8 rings (SSSR count). The quantitative estimate of drug-likeness (QED) is 0.241. The summed E-state index contributed by atoms with van der Waals surface area (Å²) in [4.78, 5) is 7.15. The summed E-state index contributed by atoms with van der Waals surface area (Å²) in [7, 11) is 0. The molecule has 0 saturated heterocycles. The first-order valence-electron chi connectivity index (χ1n) is 12.9. The molecule has 7 aromatic rings. The summed E-state index contributed by atoms with van der Waals surface area (Å²) in [5, 5.41) is 2.12. The van der Waals surface area contributed by atoms with Crippen molar-refractivity contribution in [3.05, 3.63) is 120 Å². The third kappa shape index (κ3) is 2.94. The largest absolute Gasteiger partial charge is 0.456 e. The van der Waals surface area contributed by atoms with Crippen molar-refractivity contribution >= 4 is 50.1 Å². The molecule has 0 amide bonds. The summed E-state index contributed by atoms with van der Waals surface area (Å²) < 4.78 is 12.3. The zero-order valence-corrected chi connectivity index (χ0v) is 21.1. The third-order valence-corrected chi connectivity index (χ3v) is 7.90. The van der Waals surface area contributed by atoms with Gasteiger partial charge in [0.1, 0.15) is 16.7 Å². The van der Waals surface area contributed by atoms with E-state index in [1.807, 2.05) is 30.3 Å². The Bertz CT molecular complexity index is 1960. The molecule has 1 aliphatic heterocycles. The molecule has 2 aromatic heterocycles. The summed E-state index contributed by atoms with van der Waals surface area (Å²) in [6, 6.07) is 37.9. The molecule has 0 N–H and O–H groups in total. The summed E-state index contributed by atoms with van der Waals surface area (Å²) in [6.45, 7) is 4.61. The number of hydrogen-bond acceptors (Lipinski definition) is 4. The fraction of sp³-hybridized carbons (Fsp3) is 0.0882. The molecule has 4 heteroatoms. The van der Waals surface area contributed by atoms with Gasteiger partial charge < -0.3 is 13.7 Å². The monoisotopic (exact) mass is 492 g/mol. The van der Waals surface area contributed by atoms with Crippen LogP contribution < -0.4 is 4.90 Å². The van der Waals surface area contributed by atoms with Crippen molar-refractivity contribution < 1.29 is 8.83 Å². The van der Waals surface area contributed by atoms with Crippen molar-refractivity contribution in [3.8, 4) is 11.5 Å². The fourth-order valence-corrected chi connectivity index (χ4v) is 5.97. The molecule has 0 saturated carbocycles. The maximum atomic E-state index is 6.24. The van der Waals surface area contributed by atoms with E-state index in [2.05, 4.69) is 97.6 Å². The van der Waals surface area contributed by atoms with Crippen LogP contribution >= 0.6 is 0 Å². The Hall–Kier alpha value is -4.83. The van der Waals surface area contributed by atoms with Crippen LogP contribution in [0.5, 0.6) is 0 Å². The highest BCUT2D eigenvalue weighted by molar-refractivity contribution is 6.08. The van der Waals surface area contributed by atoms with Gasteiger partial charge in [0.25, 0.3) is 0 Å². The predicted molar refractivity (Wildman–Crippen MR) is 154 cm³/mol. The van der Waals surface area contributed by atoms with Gasteiger partial charge in [0.05, 0.1) is 11.4 Å². The van der Waals surface area contributed by atoms with Crippen LogP contribution in [0.15, 0.2) is 118 Å². The van der Waals surface area contributed by atoms with E-state index >= 15 is 0 Å². The SMILES string of the molecule is CC1(C)c2ccccc2N(c2ccc(-c3nc4cc5oc6ccccc6c5cc4o3)cc2)c2ccccc21. The average Bonchev–Trinajstić information content (AvgIpc) is 3.53. The molecule has 4 nitrogen and oxygen atoms in total. The molecule has 1 aliphatic rings. The second-order valence-corrected chi connectivity index (χ2v) is 10.5. The Morgan fingerprint density at radius 3 is 2.00 bits per heavy atom. The van der Waals surface area contributed by atoms with Crippen molar-refractivity contribution in [3.63, 3.8) is 0 Å². The topological polar surface area (TPSA) is 42.4 Å². The number of hydrogen-bond donors (Lipinski definition) is 0. The zero-order chi connectivity index (χ0) is 25.4. The van der Waals surface area contributed by atoms with E-state index in [9.17, 15) is 0 Å². The van der Waals surface area contributed by atoms with Crippen LogP contribution in [0, 0.1) is 0 Å². The van der Waals surface area contributed by atoms with Crippen molar-refractivity contribution in [2.45, 2.75) is 19.3 Å². The van der Waals surface area contributed by atoms with Crippen molar-refractivity contribution in [1.82, 2.24) is 4.98 Å². The van der Waals surface area contributed by atoms with Crippen LogP contribution in [0.3, 0.4) is 0 Å². The number of furan rings is 1. The third-order valence-electron chi connectivity index (χ3n) is 7.90. The van der Waals surface area contributed by atoms with E-state index in [-0.39, 0.29) is 5.41 Å². The van der Waals surface area contributed by atoms with Gasteiger partial charge in [-0.15, -0.1) is 0 Å². The molecule has 0 fully saturated rings. The molecular formula is C34H24N2O2. The minimum Gasteiger partial charge on any atom is -0.456 e. The molecule has 182 valence electrons. The molecule has 0 bridgehead atoms. The average molecular weight is 493 g/mol. The molecule has 0 radical (unpaired) electrons. The molecule has 0 aliphatic carbocycles. The molecule has 0 atom stereocenters. The Morgan fingerprint density at radius 2 is 1.26 bits per heavy atom. The fourth-order valence-electron chi connectivity index (χ4n) is 5.97. The van der Waals surface area contributed by atoms with E-state index in [4.69, 9.17) is 13.8 Å². The number of oxazole rings is 1. The summed E-state index contributed by atoms with van der Waals surface area (Å²) in [5.41, 5.74) is 10.2. The first-order chi connectivity index (χ1) is 18.6. The van der Waals surface area contributed by atoms with E-state index in [0.29, 0.717) is 5.89 Å². The minimum atomic E-state index is -0.0770. The number of anilines is 3. The molecule has 5 aromatic carbocycles. The first-order valence-corrected chi connectivity index (χ1v) is 12.9. The maximum absolute atomic E-state index is 6.24. The molecule has 38 heavy (non-hydrogen) atoms. The molecular weight excluding hydrogens is 468 g/mol. The first kappa shape index (κ1) is 21.3. The van der Waals surface area contributed by atoms with Gasteiger partial charge in [-0.05, 0) is 59.7 Å². The van der Waals surface area contributed by atoms with Crippen molar-refractivity contribution in [1.29, 1.82) is 0 Å². The van der Waals surface area contributed by atoms with Crippen LogP contribution in [0.1, 0.15) is 25.0 Å². The van der Waals surface area contributed by atoms with Gasteiger partial charge in [-0.3, -0.25) is 0 Å².